The summed E-state index contributed by atoms with van der Waals surface area (Å²) in [7, 11) is -1.02. The zero-order valence-corrected chi connectivity index (χ0v) is 18.4. The van der Waals surface area contributed by atoms with E-state index >= 15 is 0 Å². The van der Waals surface area contributed by atoms with Gasteiger partial charge in [-0.05, 0) is 67.0 Å². The van der Waals surface area contributed by atoms with Gasteiger partial charge in [-0.2, -0.15) is 0 Å². The maximum absolute atomic E-state index is 12.6. The number of fused-ring (bicyclic) bond motifs is 1. The first-order valence-electron chi connectivity index (χ1n) is 10.6. The number of hydrogen-bond acceptors (Lipinski definition) is 5. The van der Waals surface area contributed by atoms with Crippen LogP contribution in [0.1, 0.15) is 36.8 Å². The molecule has 158 valence electrons. The quantitative estimate of drug-likeness (QED) is 0.730. The molecule has 0 amide bonds. The largest absolute Gasteiger partial charge is 0.394 e. The van der Waals surface area contributed by atoms with Gasteiger partial charge in [-0.15, -0.1) is 0 Å². The molecule has 1 aromatic heterocycles. The lowest BCUT2D eigenvalue weighted by Crippen LogP contribution is -2.48. The molecule has 0 spiro atoms. The van der Waals surface area contributed by atoms with Gasteiger partial charge >= 0.3 is 0 Å². The van der Waals surface area contributed by atoms with Gasteiger partial charge in [0.2, 0.25) is 0 Å². The number of aliphatic hydroxyl groups is 1. The van der Waals surface area contributed by atoms with Crippen molar-refractivity contribution in [1.82, 2.24) is 4.98 Å². The topological polar surface area (TPSA) is 65.5 Å². The predicted molar refractivity (Wildman–Crippen MR) is 123 cm³/mol. The fraction of sp³-hybridized carbons (Fsp3) is 0.435. The Morgan fingerprint density at radius 2 is 2.03 bits per heavy atom. The van der Waals surface area contributed by atoms with E-state index in [0.29, 0.717) is 11.6 Å². The van der Waals surface area contributed by atoms with Crippen molar-refractivity contribution in [3.63, 3.8) is 0 Å². The molecule has 1 saturated carbocycles. The van der Waals surface area contributed by atoms with Crippen molar-refractivity contribution < 1.29 is 9.32 Å². The third-order valence-corrected chi connectivity index (χ3v) is 8.30. The molecule has 0 bridgehead atoms. The van der Waals surface area contributed by atoms with E-state index in [2.05, 4.69) is 34.5 Å². The Morgan fingerprint density at radius 3 is 2.67 bits per heavy atom. The van der Waals surface area contributed by atoms with E-state index in [1.807, 2.05) is 12.1 Å². The fourth-order valence-corrected chi connectivity index (χ4v) is 6.04. The van der Waals surface area contributed by atoms with Crippen molar-refractivity contribution in [2.24, 2.45) is 0 Å². The number of nitrogens with zero attached hydrogens (tertiary/aromatic N) is 2. The molecule has 0 saturated heterocycles. The Balaban J connectivity index is 1.42. The van der Waals surface area contributed by atoms with Crippen LogP contribution in [0.5, 0.6) is 0 Å². The summed E-state index contributed by atoms with van der Waals surface area (Å²) in [6.07, 6.45) is 6.96. The van der Waals surface area contributed by atoms with E-state index in [0.717, 1.165) is 66.5 Å². The van der Waals surface area contributed by atoms with E-state index < -0.39 is 10.8 Å². The summed E-state index contributed by atoms with van der Waals surface area (Å²) >= 11 is 6.02. The average molecular weight is 444 g/mol. The van der Waals surface area contributed by atoms with Gasteiger partial charge in [-0.1, -0.05) is 29.8 Å². The SMILES string of the molecule is O=[S@@]1CCc2cc(N3CC=C(c4ccc(Cl)cc4)CC3)nc(NC3(CO)CCC3)c21. The Hall–Kier alpha value is -1.89. The molecule has 1 atom stereocenters. The van der Waals surface area contributed by atoms with Gasteiger partial charge in [-0.3, -0.25) is 4.21 Å². The number of aromatic nitrogens is 1. The second kappa shape index (κ2) is 7.98. The number of benzene rings is 1. The van der Waals surface area contributed by atoms with Gasteiger partial charge < -0.3 is 15.3 Å². The molecular formula is C23H26ClN3O2S. The molecule has 3 heterocycles. The van der Waals surface area contributed by atoms with Crippen LogP contribution in [-0.2, 0) is 17.2 Å². The summed E-state index contributed by atoms with van der Waals surface area (Å²) in [4.78, 5) is 8.02. The van der Waals surface area contributed by atoms with E-state index in [4.69, 9.17) is 16.6 Å². The summed E-state index contributed by atoms with van der Waals surface area (Å²) in [6, 6.07) is 10.1. The maximum atomic E-state index is 12.6. The minimum absolute atomic E-state index is 0.0806. The summed E-state index contributed by atoms with van der Waals surface area (Å²) < 4.78 is 12.6. The molecule has 2 aromatic rings. The number of nitrogens with one attached hydrogen (secondary N) is 1. The Bertz CT molecular complexity index is 1010. The first kappa shape index (κ1) is 20.0. The first-order chi connectivity index (χ1) is 14.6. The number of halogens is 1. The van der Waals surface area contributed by atoms with E-state index in [1.165, 1.54) is 11.1 Å². The second-order valence-corrected chi connectivity index (χ2v) is 10.4. The molecule has 7 heteroatoms. The highest BCUT2D eigenvalue weighted by molar-refractivity contribution is 7.85. The fourth-order valence-electron chi connectivity index (χ4n) is 4.54. The molecule has 5 nitrogen and oxygen atoms in total. The van der Waals surface area contributed by atoms with Crippen molar-refractivity contribution in [2.45, 2.75) is 42.5 Å². The van der Waals surface area contributed by atoms with Crippen molar-refractivity contribution in [3.8, 4) is 0 Å². The highest BCUT2D eigenvalue weighted by atomic mass is 35.5. The van der Waals surface area contributed by atoms with Crippen LogP contribution >= 0.6 is 11.6 Å². The number of aliphatic hydroxyl groups excluding tert-OH is 1. The van der Waals surface area contributed by atoms with E-state index in [1.54, 1.807) is 0 Å². The van der Waals surface area contributed by atoms with Crippen LogP contribution in [0.25, 0.3) is 5.57 Å². The molecule has 1 fully saturated rings. The van der Waals surface area contributed by atoms with Crippen LogP contribution in [0.4, 0.5) is 11.6 Å². The van der Waals surface area contributed by atoms with E-state index in [9.17, 15) is 9.32 Å². The summed E-state index contributed by atoms with van der Waals surface area (Å²) in [6.45, 7) is 1.75. The van der Waals surface area contributed by atoms with Crippen molar-refractivity contribution in [1.29, 1.82) is 0 Å². The van der Waals surface area contributed by atoms with Crippen LogP contribution in [0.15, 0.2) is 41.3 Å². The Morgan fingerprint density at radius 1 is 1.23 bits per heavy atom. The van der Waals surface area contributed by atoms with E-state index in [-0.39, 0.29) is 12.1 Å². The number of anilines is 2. The lowest BCUT2D eigenvalue weighted by atomic mass is 9.77. The lowest BCUT2D eigenvalue weighted by Gasteiger charge is -2.42. The average Bonchev–Trinajstić information content (AvgIpc) is 3.12. The molecule has 1 aromatic carbocycles. The summed E-state index contributed by atoms with van der Waals surface area (Å²) in [5, 5.41) is 14.1. The van der Waals surface area contributed by atoms with Gasteiger partial charge in [0, 0.05) is 23.9 Å². The third-order valence-electron chi connectivity index (χ3n) is 6.57. The normalized spacial score (nSPS) is 22.3. The van der Waals surface area contributed by atoms with Crippen molar-refractivity contribution in [2.75, 3.05) is 35.7 Å². The van der Waals surface area contributed by atoms with Crippen LogP contribution in [0.2, 0.25) is 5.02 Å². The molecule has 0 unspecified atom stereocenters. The maximum Gasteiger partial charge on any atom is 0.145 e. The number of pyridine rings is 1. The molecule has 5 rings (SSSR count). The predicted octanol–water partition coefficient (Wildman–Crippen LogP) is 4.02. The molecule has 2 N–H and O–H groups in total. The zero-order chi connectivity index (χ0) is 20.7. The second-order valence-electron chi connectivity index (χ2n) is 8.47. The van der Waals surface area contributed by atoms with Gasteiger partial charge in [0.25, 0.3) is 0 Å². The number of aryl methyl sites for hydroxylation is 1. The molecule has 1 aliphatic carbocycles. The highest BCUT2D eigenvalue weighted by Gasteiger charge is 2.38. The van der Waals surface area contributed by atoms with Crippen molar-refractivity contribution >= 4 is 39.6 Å². The first-order valence-corrected chi connectivity index (χ1v) is 12.3. The number of rotatable bonds is 5. The zero-order valence-electron chi connectivity index (χ0n) is 16.9. The highest BCUT2D eigenvalue weighted by Crippen LogP contribution is 2.39. The molecule has 3 aliphatic rings. The summed E-state index contributed by atoms with van der Waals surface area (Å²) in [5.74, 6) is 2.29. The minimum atomic E-state index is -1.02. The number of hydrogen-bond donors (Lipinski definition) is 2. The minimum Gasteiger partial charge on any atom is -0.394 e. The summed E-state index contributed by atoms with van der Waals surface area (Å²) in [5.41, 5.74) is 3.36. The Labute approximate surface area is 184 Å². The van der Waals surface area contributed by atoms with Crippen molar-refractivity contribution in [3.05, 3.63) is 52.6 Å². The van der Waals surface area contributed by atoms with Gasteiger partial charge in [0.05, 0.1) is 27.8 Å². The van der Waals surface area contributed by atoms with Crippen LogP contribution in [0.3, 0.4) is 0 Å². The lowest BCUT2D eigenvalue weighted by molar-refractivity contribution is 0.143. The smallest absolute Gasteiger partial charge is 0.145 e. The van der Waals surface area contributed by atoms with Gasteiger partial charge in [0.1, 0.15) is 11.6 Å². The Kier molecular flexibility index (Phi) is 5.33. The van der Waals surface area contributed by atoms with Gasteiger partial charge in [0.15, 0.2) is 0 Å². The molecular weight excluding hydrogens is 418 g/mol. The standard InChI is InChI=1S/C23H26ClN3O2S/c24-19-4-2-16(3-5-19)17-6-11-27(12-7-17)20-14-18-8-13-30(29)21(18)22(25-20)26-23(15-28)9-1-10-23/h2-6,14,28H,1,7-13,15H2,(H,25,26)/t30-/m1/s1. The molecule has 30 heavy (non-hydrogen) atoms. The van der Waals surface area contributed by atoms with Gasteiger partial charge in [-0.25, -0.2) is 4.98 Å². The van der Waals surface area contributed by atoms with Crippen LogP contribution in [-0.4, -0.2) is 45.3 Å². The third kappa shape index (κ3) is 3.66. The molecule has 2 aliphatic heterocycles. The van der Waals surface area contributed by atoms with Crippen LogP contribution < -0.4 is 10.2 Å². The molecule has 0 radical (unpaired) electrons. The van der Waals surface area contributed by atoms with Crippen LogP contribution in [0, 0.1) is 0 Å². The monoisotopic (exact) mass is 443 g/mol.